The second-order valence-corrected chi connectivity index (χ2v) is 8.26. The number of halogens is 2. The van der Waals surface area contributed by atoms with Gasteiger partial charge >= 0.3 is 35.6 Å². The summed E-state index contributed by atoms with van der Waals surface area (Å²) in [6.45, 7) is 6.78. The molecule has 3 rings (SSSR count). The zero-order valence-electron chi connectivity index (χ0n) is 14.8. The van der Waals surface area contributed by atoms with E-state index in [0.717, 1.165) is 12.0 Å². The van der Waals surface area contributed by atoms with Gasteiger partial charge in [0, 0.05) is 0 Å². The number of hydrogen-bond acceptors (Lipinski definition) is 1. The number of allylic oxidation sites excluding steroid dienone is 4. The molecule has 2 aromatic rings. The fraction of sp³-hybridized carbons (Fsp3) is 0.238. The Kier molecular flexibility index (Phi) is 11.1. The summed E-state index contributed by atoms with van der Waals surface area (Å²) in [6.07, 6.45) is 1.10. The Morgan fingerprint density at radius 1 is 0.960 bits per heavy atom. The molecule has 1 nitrogen and oxygen atoms in total. The molecule has 0 radical (unpaired) electrons. The zero-order valence-corrected chi connectivity index (χ0v) is 17.9. The average Bonchev–Trinajstić information content (AvgIpc) is 2.92. The topological polar surface area (TPSA) is 20.2 Å². The van der Waals surface area contributed by atoms with Crippen LogP contribution in [0.3, 0.4) is 0 Å². The van der Waals surface area contributed by atoms with E-state index in [1.54, 1.807) is 0 Å². The molecule has 132 valence electrons. The molecule has 0 heterocycles. The maximum absolute atomic E-state index is 8.54. The van der Waals surface area contributed by atoms with Crippen LogP contribution in [0.15, 0.2) is 71.3 Å². The summed E-state index contributed by atoms with van der Waals surface area (Å²) in [6, 6.07) is 21.0. The molecule has 0 fully saturated rings. The first kappa shape index (κ1) is 22.2. The van der Waals surface area contributed by atoms with E-state index in [-0.39, 0.29) is 6.61 Å². The molecule has 0 spiro atoms. The van der Waals surface area contributed by atoms with Gasteiger partial charge in [0.1, 0.15) is 0 Å². The number of aliphatic hydroxyl groups excluding tert-OH is 1. The van der Waals surface area contributed by atoms with Crippen molar-refractivity contribution in [1.29, 1.82) is 0 Å². The van der Waals surface area contributed by atoms with Crippen LogP contribution in [-0.2, 0) is 23.6 Å². The molecule has 0 amide bonds. The van der Waals surface area contributed by atoms with Crippen molar-refractivity contribution in [3.8, 4) is 0 Å². The summed E-state index contributed by atoms with van der Waals surface area (Å²) in [5.41, 5.74) is 8.05. The van der Waals surface area contributed by atoms with E-state index in [0.29, 0.717) is 0 Å². The van der Waals surface area contributed by atoms with Gasteiger partial charge < -0.3 is 5.11 Å². The van der Waals surface area contributed by atoms with Crippen LogP contribution < -0.4 is 0 Å². The van der Waals surface area contributed by atoms with Gasteiger partial charge in [-0.25, -0.2) is 0 Å². The van der Waals surface area contributed by atoms with Crippen molar-refractivity contribution in [1.82, 2.24) is 0 Å². The summed E-state index contributed by atoms with van der Waals surface area (Å²) in [5.74, 6) is 0. The third kappa shape index (κ3) is 7.52. The SMILES string of the molecule is CC1=C(C)C(C)=C(c2[c-]cccc2)C1.OCc1ccccc1.[Cl][Ti][Cl]. The van der Waals surface area contributed by atoms with Crippen LogP contribution in [0.4, 0.5) is 0 Å². The van der Waals surface area contributed by atoms with Gasteiger partial charge in [-0.1, -0.05) is 47.1 Å². The summed E-state index contributed by atoms with van der Waals surface area (Å²) < 4.78 is 0. The summed E-state index contributed by atoms with van der Waals surface area (Å²) in [5, 5.41) is 8.54. The maximum atomic E-state index is 8.54. The van der Waals surface area contributed by atoms with Gasteiger partial charge in [-0.2, -0.15) is 0 Å². The molecule has 0 saturated carbocycles. The van der Waals surface area contributed by atoms with Crippen molar-refractivity contribution in [3.05, 3.63) is 88.5 Å². The molecular weight excluding hydrogens is 387 g/mol. The minimum atomic E-state index is -0.556. The standard InChI is InChI=1S/C14H15.C7H8O.2ClH.Ti/c1-10-9-14(12(3)11(10)2)13-7-5-4-6-8-13;8-6-7-4-2-1-3-5-7;;;/h4-7H,9H2,1-3H3;1-5,8H,6H2;2*1H;/q-1;;;;+2/p-2. The Bertz CT molecular complexity index is 694. The minimum absolute atomic E-state index is 0.140. The van der Waals surface area contributed by atoms with Gasteiger partial charge in [0.15, 0.2) is 0 Å². The van der Waals surface area contributed by atoms with Gasteiger partial charge in [-0.15, -0.1) is 41.5 Å². The van der Waals surface area contributed by atoms with E-state index in [9.17, 15) is 0 Å². The van der Waals surface area contributed by atoms with Crippen LogP contribution in [0.25, 0.3) is 5.57 Å². The van der Waals surface area contributed by atoms with Gasteiger partial charge in [0.2, 0.25) is 0 Å². The Labute approximate surface area is 168 Å². The molecule has 0 aliphatic heterocycles. The van der Waals surface area contributed by atoms with E-state index in [4.69, 9.17) is 23.7 Å². The van der Waals surface area contributed by atoms with Crippen LogP contribution in [0.2, 0.25) is 0 Å². The first-order chi connectivity index (χ1) is 12.0. The molecule has 25 heavy (non-hydrogen) atoms. The zero-order chi connectivity index (χ0) is 18.7. The Morgan fingerprint density at radius 3 is 1.96 bits per heavy atom. The molecule has 0 aromatic heterocycles. The summed E-state index contributed by atoms with van der Waals surface area (Å²) >= 11 is -0.556. The van der Waals surface area contributed by atoms with Crippen molar-refractivity contribution in [2.24, 2.45) is 0 Å². The second kappa shape index (κ2) is 12.5. The van der Waals surface area contributed by atoms with Gasteiger partial charge in [-0.05, 0) is 32.8 Å². The Balaban J connectivity index is 0.000000241. The predicted molar refractivity (Wildman–Crippen MR) is 105 cm³/mol. The third-order valence-electron chi connectivity index (χ3n) is 4.16. The van der Waals surface area contributed by atoms with Crippen molar-refractivity contribution in [3.63, 3.8) is 0 Å². The predicted octanol–water partition coefficient (Wildman–Crippen LogP) is 6.56. The van der Waals surface area contributed by atoms with Crippen molar-refractivity contribution < 1.29 is 22.1 Å². The average molecular weight is 410 g/mol. The quantitative estimate of drug-likeness (QED) is 0.440. The molecule has 0 unspecified atom stereocenters. The molecule has 0 atom stereocenters. The Hall–Kier alpha value is -0.826. The van der Waals surface area contributed by atoms with Crippen molar-refractivity contribution in [2.45, 2.75) is 33.8 Å². The Morgan fingerprint density at radius 2 is 1.56 bits per heavy atom. The van der Waals surface area contributed by atoms with E-state index in [1.165, 1.54) is 27.9 Å². The van der Waals surface area contributed by atoms with Gasteiger partial charge in [0.05, 0.1) is 6.61 Å². The van der Waals surface area contributed by atoms with Crippen LogP contribution >= 0.6 is 18.6 Å². The molecule has 4 heteroatoms. The van der Waals surface area contributed by atoms with Crippen LogP contribution in [-0.4, -0.2) is 5.11 Å². The number of aliphatic hydroxyl groups is 1. The van der Waals surface area contributed by atoms with Crippen molar-refractivity contribution >= 4 is 24.2 Å². The first-order valence-corrected chi connectivity index (χ1v) is 12.3. The van der Waals surface area contributed by atoms with Gasteiger partial charge in [-0.3, -0.25) is 0 Å². The van der Waals surface area contributed by atoms with E-state index in [2.05, 4.69) is 39.0 Å². The number of benzene rings is 2. The van der Waals surface area contributed by atoms with Crippen molar-refractivity contribution in [2.75, 3.05) is 0 Å². The molecule has 1 aliphatic rings. The number of rotatable bonds is 2. The van der Waals surface area contributed by atoms with Crippen LogP contribution in [0.5, 0.6) is 0 Å². The van der Waals surface area contributed by atoms with Crippen LogP contribution in [0.1, 0.15) is 38.3 Å². The summed E-state index contributed by atoms with van der Waals surface area (Å²) in [4.78, 5) is 0. The normalized spacial score (nSPS) is 12.9. The first-order valence-electron chi connectivity index (χ1n) is 7.99. The van der Waals surface area contributed by atoms with Gasteiger partial charge in [0.25, 0.3) is 0 Å². The van der Waals surface area contributed by atoms with E-state index in [1.807, 2.05) is 42.5 Å². The molecule has 0 saturated heterocycles. The second-order valence-electron chi connectivity index (χ2n) is 5.68. The fourth-order valence-corrected chi connectivity index (χ4v) is 2.54. The fourth-order valence-electron chi connectivity index (χ4n) is 2.54. The molecule has 1 aliphatic carbocycles. The summed E-state index contributed by atoms with van der Waals surface area (Å²) in [7, 11) is 9.78. The van der Waals surface area contributed by atoms with E-state index >= 15 is 0 Å². The molecular formula is C21H23Cl2OTi-. The van der Waals surface area contributed by atoms with Crippen LogP contribution in [0, 0.1) is 6.07 Å². The molecule has 1 N–H and O–H groups in total. The molecule has 2 aromatic carbocycles. The monoisotopic (exact) mass is 409 g/mol. The molecule has 0 bridgehead atoms. The van der Waals surface area contributed by atoms with E-state index < -0.39 is 17.0 Å². The number of hydrogen-bond donors (Lipinski definition) is 1. The third-order valence-corrected chi connectivity index (χ3v) is 4.16.